The molecule has 0 heterocycles. The Morgan fingerprint density at radius 1 is 0.625 bits per heavy atom. The Kier molecular flexibility index (Phi) is 5.85. The third kappa shape index (κ3) is 2.87. The summed E-state index contributed by atoms with van der Waals surface area (Å²) in [6, 6.07) is 0. The Hall–Kier alpha value is -0.120. The van der Waals surface area contributed by atoms with E-state index < -0.39 is 0 Å². The lowest BCUT2D eigenvalue weighted by molar-refractivity contribution is -0.0390. The number of hydrogen-bond donors (Lipinski definition) is 3. The van der Waals surface area contributed by atoms with Crippen molar-refractivity contribution in [3.05, 3.63) is 0 Å². The molecule has 6 N–H and O–H groups in total. The van der Waals surface area contributed by atoms with Crippen molar-refractivity contribution in [2.75, 3.05) is 0 Å². The maximum Gasteiger partial charge on any atom is 0.0240 e. The smallest absolute Gasteiger partial charge is 0.0240 e. The molecular formula is C37H63N3. The Morgan fingerprint density at radius 3 is 2.00 bits per heavy atom. The van der Waals surface area contributed by atoms with Crippen LogP contribution < -0.4 is 17.2 Å². The summed E-state index contributed by atoms with van der Waals surface area (Å²) in [6.45, 7) is 9.83. The van der Waals surface area contributed by atoms with Gasteiger partial charge in [-0.25, -0.2) is 0 Å². The third-order valence-corrected chi connectivity index (χ3v) is 18.3. The highest BCUT2D eigenvalue weighted by Gasteiger charge is 2.73. The molecule has 0 aromatic heterocycles. The Balaban J connectivity index is 1.07. The quantitative estimate of drug-likeness (QED) is 0.316. The van der Waals surface area contributed by atoms with Crippen molar-refractivity contribution in [3.8, 4) is 0 Å². The molecule has 0 amide bonds. The van der Waals surface area contributed by atoms with E-state index in [-0.39, 0.29) is 16.6 Å². The molecule has 8 aliphatic rings. The minimum absolute atomic E-state index is 0.0330. The molecule has 14 unspecified atom stereocenters. The van der Waals surface area contributed by atoms with Crippen LogP contribution in [0.4, 0.5) is 0 Å². The molecule has 0 radical (unpaired) electrons. The molecule has 8 rings (SSSR count). The molecule has 3 heteroatoms. The summed E-state index contributed by atoms with van der Waals surface area (Å²) in [5, 5.41) is 0. The van der Waals surface area contributed by atoms with Gasteiger partial charge in [0, 0.05) is 16.6 Å². The number of rotatable bonds is 6. The first kappa shape index (κ1) is 27.4. The van der Waals surface area contributed by atoms with Crippen LogP contribution in [0.5, 0.6) is 0 Å². The van der Waals surface area contributed by atoms with E-state index in [0.717, 1.165) is 53.3 Å². The molecule has 2 spiro atoms. The summed E-state index contributed by atoms with van der Waals surface area (Å²) in [7, 11) is 0. The molecule has 40 heavy (non-hydrogen) atoms. The van der Waals surface area contributed by atoms with E-state index in [0.29, 0.717) is 16.2 Å². The van der Waals surface area contributed by atoms with Crippen LogP contribution in [0, 0.1) is 69.5 Å². The lowest BCUT2D eigenvalue weighted by Crippen LogP contribution is -2.61. The Labute approximate surface area is 246 Å². The van der Waals surface area contributed by atoms with Gasteiger partial charge in [0.1, 0.15) is 0 Å². The van der Waals surface area contributed by atoms with Crippen molar-refractivity contribution in [1.82, 2.24) is 0 Å². The molecular weight excluding hydrogens is 486 g/mol. The van der Waals surface area contributed by atoms with E-state index in [4.69, 9.17) is 17.2 Å². The fourth-order valence-corrected chi connectivity index (χ4v) is 16.5. The third-order valence-electron chi connectivity index (χ3n) is 18.3. The standard InChI is InChI=1S/C37H63N3/c1-5-33(25-10-11-26(17-25)36(33,39)6-2)22-24-16-27-19-30(24)35(32(27,4)38)15-12-23(21-35)29-18-28-20-31(29)34(13-8-9-14-34)37(28,40)7-3/h23-31H,5-22,38-40H2,1-4H3. The first-order valence-electron chi connectivity index (χ1n) is 18.4. The predicted molar refractivity (Wildman–Crippen MR) is 165 cm³/mol. The molecule has 0 saturated heterocycles. The van der Waals surface area contributed by atoms with Crippen LogP contribution in [-0.2, 0) is 0 Å². The fourth-order valence-electron chi connectivity index (χ4n) is 16.5. The van der Waals surface area contributed by atoms with E-state index >= 15 is 0 Å². The van der Waals surface area contributed by atoms with Crippen molar-refractivity contribution >= 4 is 0 Å². The molecule has 0 aliphatic heterocycles. The number of fused-ring (bicyclic) bond motifs is 8. The SMILES string of the molecule is CCC1(N)C2CCC(C2)C1(CC)CC1CC2CC1C1(CCC(C3CC4CC3C3(CCCC3)C4(N)CC)C1)C2(C)N. The van der Waals surface area contributed by atoms with Crippen molar-refractivity contribution in [3.63, 3.8) is 0 Å². The highest BCUT2D eigenvalue weighted by Crippen LogP contribution is 2.76. The topological polar surface area (TPSA) is 78.1 Å². The van der Waals surface area contributed by atoms with Gasteiger partial charge in [0.05, 0.1) is 0 Å². The molecule has 6 bridgehead atoms. The van der Waals surface area contributed by atoms with Crippen molar-refractivity contribution < 1.29 is 0 Å². The predicted octanol–water partition coefficient (Wildman–Crippen LogP) is 7.79. The van der Waals surface area contributed by atoms with E-state index in [1.54, 1.807) is 0 Å². The van der Waals surface area contributed by atoms with Gasteiger partial charge in [0.15, 0.2) is 0 Å². The first-order valence-corrected chi connectivity index (χ1v) is 18.4. The molecule has 3 nitrogen and oxygen atoms in total. The van der Waals surface area contributed by atoms with E-state index in [1.165, 1.54) is 116 Å². The van der Waals surface area contributed by atoms with Gasteiger partial charge in [-0.2, -0.15) is 0 Å². The van der Waals surface area contributed by atoms with Gasteiger partial charge in [-0.05, 0) is 179 Å². The summed E-state index contributed by atoms with van der Waals surface area (Å²) >= 11 is 0. The van der Waals surface area contributed by atoms with Crippen molar-refractivity contribution in [1.29, 1.82) is 0 Å². The van der Waals surface area contributed by atoms with E-state index in [2.05, 4.69) is 27.7 Å². The van der Waals surface area contributed by atoms with E-state index in [9.17, 15) is 0 Å². The molecule has 226 valence electrons. The number of nitrogens with two attached hydrogens (primary N) is 3. The van der Waals surface area contributed by atoms with E-state index in [1.807, 2.05) is 0 Å². The van der Waals surface area contributed by atoms with Crippen molar-refractivity contribution in [2.24, 2.45) is 86.7 Å². The molecule has 8 aliphatic carbocycles. The van der Waals surface area contributed by atoms with Gasteiger partial charge in [-0.15, -0.1) is 0 Å². The van der Waals surface area contributed by atoms with Crippen LogP contribution in [0.3, 0.4) is 0 Å². The first-order chi connectivity index (χ1) is 19.1. The summed E-state index contributed by atoms with van der Waals surface area (Å²) < 4.78 is 0. The lowest BCUT2D eigenvalue weighted by Gasteiger charge is -2.56. The normalized spacial score (nSPS) is 60.8. The van der Waals surface area contributed by atoms with Gasteiger partial charge in [-0.3, -0.25) is 0 Å². The average molecular weight is 550 g/mol. The highest BCUT2D eigenvalue weighted by molar-refractivity contribution is 5.26. The monoisotopic (exact) mass is 550 g/mol. The van der Waals surface area contributed by atoms with Gasteiger partial charge in [-0.1, -0.05) is 33.6 Å². The molecule has 0 aromatic rings. The van der Waals surface area contributed by atoms with Crippen LogP contribution in [0.15, 0.2) is 0 Å². The largest absolute Gasteiger partial charge is 0.325 e. The van der Waals surface area contributed by atoms with Crippen LogP contribution in [0.1, 0.15) is 143 Å². The zero-order valence-corrected chi connectivity index (χ0v) is 26.7. The van der Waals surface area contributed by atoms with Crippen molar-refractivity contribution in [2.45, 2.75) is 160 Å². The molecule has 0 aromatic carbocycles. The van der Waals surface area contributed by atoms with Gasteiger partial charge >= 0.3 is 0 Å². The average Bonchev–Trinajstić information content (AvgIpc) is 3.79. The highest BCUT2D eigenvalue weighted by atomic mass is 14.9. The summed E-state index contributed by atoms with van der Waals surface area (Å²) in [4.78, 5) is 0. The molecule has 8 saturated carbocycles. The van der Waals surface area contributed by atoms with Crippen LogP contribution in [-0.4, -0.2) is 16.6 Å². The minimum Gasteiger partial charge on any atom is -0.325 e. The van der Waals surface area contributed by atoms with Gasteiger partial charge < -0.3 is 17.2 Å². The molecule has 14 atom stereocenters. The van der Waals surface area contributed by atoms with Gasteiger partial charge in [0.25, 0.3) is 0 Å². The van der Waals surface area contributed by atoms with Crippen LogP contribution in [0.25, 0.3) is 0 Å². The second-order valence-electron chi connectivity index (χ2n) is 18.0. The Bertz CT molecular complexity index is 1030. The second kappa shape index (κ2) is 8.53. The Morgan fingerprint density at radius 2 is 1.32 bits per heavy atom. The van der Waals surface area contributed by atoms with Gasteiger partial charge in [0.2, 0.25) is 0 Å². The summed E-state index contributed by atoms with van der Waals surface area (Å²) in [5.41, 5.74) is 23.9. The second-order valence-corrected chi connectivity index (χ2v) is 18.0. The summed E-state index contributed by atoms with van der Waals surface area (Å²) in [5.74, 6) is 7.65. The molecule has 8 fully saturated rings. The minimum atomic E-state index is 0.0330. The van der Waals surface area contributed by atoms with Crippen LogP contribution in [0.2, 0.25) is 0 Å². The zero-order valence-electron chi connectivity index (χ0n) is 26.7. The fraction of sp³-hybridized carbons (Fsp3) is 1.00. The maximum atomic E-state index is 7.55. The van der Waals surface area contributed by atoms with Crippen LogP contribution >= 0.6 is 0 Å². The lowest BCUT2D eigenvalue weighted by atomic mass is 9.51. The zero-order chi connectivity index (χ0) is 27.9. The number of hydrogen-bond acceptors (Lipinski definition) is 3. The maximum absolute atomic E-state index is 7.55. The summed E-state index contributed by atoms with van der Waals surface area (Å²) in [6.07, 6.45) is 25.1.